The summed E-state index contributed by atoms with van der Waals surface area (Å²) < 4.78 is 4.43. The molecule has 3 rings (SSSR count). The Labute approximate surface area is 120 Å². The number of aromatic nitrogens is 2. The van der Waals surface area contributed by atoms with E-state index in [1.165, 1.54) is 0 Å². The molecule has 6 heteroatoms. The van der Waals surface area contributed by atoms with Gasteiger partial charge in [0.15, 0.2) is 0 Å². The summed E-state index contributed by atoms with van der Waals surface area (Å²) in [6.07, 6.45) is 0. The van der Waals surface area contributed by atoms with E-state index in [2.05, 4.69) is 20.3 Å². The number of anilines is 2. The van der Waals surface area contributed by atoms with Gasteiger partial charge >= 0.3 is 0 Å². The molecule has 0 saturated heterocycles. The molecule has 0 aliphatic heterocycles. The number of hydrogen-bond donors (Lipinski definition) is 2. The Morgan fingerprint density at radius 1 is 1.00 bits per heavy atom. The van der Waals surface area contributed by atoms with Crippen molar-refractivity contribution in [3.63, 3.8) is 0 Å². The molecule has 0 saturated carbocycles. The van der Waals surface area contributed by atoms with Crippen molar-refractivity contribution in [3.05, 3.63) is 60.3 Å². The highest BCUT2D eigenvalue weighted by molar-refractivity contribution is 6.07. The molecule has 0 aliphatic carbocycles. The molecule has 3 aromatic rings. The van der Waals surface area contributed by atoms with Crippen LogP contribution in [0.3, 0.4) is 0 Å². The largest absolute Gasteiger partial charge is 0.379 e. The van der Waals surface area contributed by atoms with Gasteiger partial charge in [-0.2, -0.15) is 0 Å². The van der Waals surface area contributed by atoms with Crippen LogP contribution < -0.4 is 11.1 Å². The molecule has 1 heterocycles. The van der Waals surface area contributed by atoms with Crippen molar-refractivity contribution < 1.29 is 9.42 Å². The number of rotatable bonds is 3. The number of amides is 1. The van der Waals surface area contributed by atoms with Crippen LogP contribution in [0.25, 0.3) is 11.1 Å². The van der Waals surface area contributed by atoms with E-state index in [9.17, 15) is 4.79 Å². The van der Waals surface area contributed by atoms with Gasteiger partial charge in [-0.1, -0.05) is 48.5 Å². The van der Waals surface area contributed by atoms with Crippen LogP contribution in [0.5, 0.6) is 0 Å². The van der Waals surface area contributed by atoms with Crippen molar-refractivity contribution in [3.8, 4) is 11.1 Å². The molecule has 0 radical (unpaired) electrons. The lowest BCUT2D eigenvalue weighted by molar-refractivity contribution is 0.101. The maximum Gasteiger partial charge on any atom is 0.281 e. The number of nitrogens with one attached hydrogen (secondary N) is 1. The first-order valence-corrected chi connectivity index (χ1v) is 6.29. The first-order chi connectivity index (χ1) is 10.3. The number of carbonyl (C=O) groups is 1. The lowest BCUT2D eigenvalue weighted by atomic mass is 10.0. The Bertz CT molecular complexity index is 768. The Kier molecular flexibility index (Phi) is 3.34. The van der Waals surface area contributed by atoms with E-state index < -0.39 is 5.91 Å². The van der Waals surface area contributed by atoms with Crippen molar-refractivity contribution in [2.75, 3.05) is 11.1 Å². The van der Waals surface area contributed by atoms with Crippen LogP contribution in [0.4, 0.5) is 11.5 Å². The van der Waals surface area contributed by atoms with Gasteiger partial charge in [0.25, 0.3) is 5.91 Å². The predicted octanol–water partition coefficient (Wildman–Crippen LogP) is 2.57. The summed E-state index contributed by atoms with van der Waals surface area (Å²) in [5.41, 5.74) is 8.05. The van der Waals surface area contributed by atoms with E-state index in [-0.39, 0.29) is 11.5 Å². The van der Waals surface area contributed by atoms with E-state index in [0.29, 0.717) is 5.69 Å². The van der Waals surface area contributed by atoms with Gasteiger partial charge in [-0.15, -0.1) is 0 Å². The van der Waals surface area contributed by atoms with Gasteiger partial charge in [0.05, 0.1) is 0 Å². The minimum atomic E-state index is -0.461. The maximum atomic E-state index is 12.1. The SMILES string of the molecule is Nc1nonc1C(=O)Nc1ccccc1-c1ccccc1. The summed E-state index contributed by atoms with van der Waals surface area (Å²) in [4.78, 5) is 12.1. The average Bonchev–Trinajstić information content (AvgIpc) is 2.95. The molecule has 0 fully saturated rings. The Morgan fingerprint density at radius 3 is 2.43 bits per heavy atom. The molecule has 1 aromatic heterocycles. The molecule has 0 spiro atoms. The highest BCUT2D eigenvalue weighted by Crippen LogP contribution is 2.27. The Balaban J connectivity index is 1.94. The fourth-order valence-electron chi connectivity index (χ4n) is 2.00. The Hall–Kier alpha value is -3.15. The average molecular weight is 280 g/mol. The normalized spacial score (nSPS) is 10.3. The molecular weight excluding hydrogens is 268 g/mol. The maximum absolute atomic E-state index is 12.1. The summed E-state index contributed by atoms with van der Waals surface area (Å²) >= 11 is 0. The third-order valence-corrected chi connectivity index (χ3v) is 2.99. The number of hydrogen-bond acceptors (Lipinski definition) is 5. The minimum Gasteiger partial charge on any atom is -0.379 e. The zero-order valence-corrected chi connectivity index (χ0v) is 11.0. The fourth-order valence-corrected chi connectivity index (χ4v) is 2.00. The van der Waals surface area contributed by atoms with Crippen molar-refractivity contribution in [1.82, 2.24) is 10.3 Å². The van der Waals surface area contributed by atoms with Crippen LogP contribution in [-0.4, -0.2) is 16.2 Å². The second kappa shape index (κ2) is 5.46. The van der Waals surface area contributed by atoms with Crippen LogP contribution in [0, 0.1) is 0 Å². The minimum absolute atomic E-state index is 0.0298. The van der Waals surface area contributed by atoms with Crippen LogP contribution >= 0.6 is 0 Å². The van der Waals surface area contributed by atoms with Gasteiger partial charge in [-0.05, 0) is 21.9 Å². The fraction of sp³-hybridized carbons (Fsp3) is 0. The monoisotopic (exact) mass is 280 g/mol. The number of para-hydroxylation sites is 1. The van der Waals surface area contributed by atoms with Crippen molar-refractivity contribution in [1.29, 1.82) is 0 Å². The highest BCUT2D eigenvalue weighted by Gasteiger charge is 2.17. The molecule has 0 aliphatic rings. The highest BCUT2D eigenvalue weighted by atomic mass is 16.6. The van der Waals surface area contributed by atoms with Crippen LogP contribution in [-0.2, 0) is 0 Å². The zero-order chi connectivity index (χ0) is 14.7. The van der Waals surface area contributed by atoms with E-state index in [1.54, 1.807) is 0 Å². The summed E-state index contributed by atoms with van der Waals surface area (Å²) in [7, 11) is 0. The standard InChI is InChI=1S/C15H12N4O2/c16-14-13(18-21-19-14)15(20)17-12-9-5-4-8-11(12)10-6-2-1-3-7-10/h1-9H,(H2,16,19)(H,17,20). The number of carbonyl (C=O) groups excluding carboxylic acids is 1. The lowest BCUT2D eigenvalue weighted by Gasteiger charge is -2.10. The quantitative estimate of drug-likeness (QED) is 0.769. The van der Waals surface area contributed by atoms with E-state index in [4.69, 9.17) is 5.73 Å². The first kappa shape index (κ1) is 12.9. The lowest BCUT2D eigenvalue weighted by Crippen LogP contribution is -2.14. The molecular formula is C15H12N4O2. The van der Waals surface area contributed by atoms with Crippen molar-refractivity contribution in [2.45, 2.75) is 0 Å². The molecule has 0 unspecified atom stereocenters. The second-order valence-electron chi connectivity index (χ2n) is 4.36. The van der Waals surface area contributed by atoms with Gasteiger partial charge in [-0.25, -0.2) is 4.63 Å². The number of nitrogen functional groups attached to an aromatic ring is 1. The van der Waals surface area contributed by atoms with Gasteiger partial charge in [0.2, 0.25) is 11.5 Å². The Morgan fingerprint density at radius 2 is 1.71 bits per heavy atom. The molecule has 6 nitrogen and oxygen atoms in total. The van der Waals surface area contributed by atoms with Crippen molar-refractivity contribution in [2.24, 2.45) is 0 Å². The summed E-state index contributed by atoms with van der Waals surface area (Å²) in [5.74, 6) is -0.498. The molecule has 21 heavy (non-hydrogen) atoms. The summed E-state index contributed by atoms with van der Waals surface area (Å²) in [6, 6.07) is 17.2. The number of nitrogens with two attached hydrogens (primary N) is 1. The smallest absolute Gasteiger partial charge is 0.281 e. The molecule has 0 atom stereocenters. The third-order valence-electron chi connectivity index (χ3n) is 2.99. The molecule has 2 aromatic carbocycles. The van der Waals surface area contributed by atoms with Gasteiger partial charge in [-0.3, -0.25) is 4.79 Å². The van der Waals surface area contributed by atoms with Crippen LogP contribution in [0.15, 0.2) is 59.2 Å². The summed E-state index contributed by atoms with van der Waals surface area (Å²) in [5, 5.41) is 9.65. The predicted molar refractivity (Wildman–Crippen MR) is 78.5 cm³/mol. The van der Waals surface area contributed by atoms with Crippen LogP contribution in [0.2, 0.25) is 0 Å². The summed E-state index contributed by atoms with van der Waals surface area (Å²) in [6.45, 7) is 0. The molecule has 1 amide bonds. The van der Waals surface area contributed by atoms with Gasteiger partial charge in [0.1, 0.15) is 0 Å². The van der Waals surface area contributed by atoms with Gasteiger partial charge in [0, 0.05) is 11.3 Å². The topological polar surface area (TPSA) is 94.0 Å². The second-order valence-corrected chi connectivity index (χ2v) is 4.36. The van der Waals surface area contributed by atoms with E-state index in [0.717, 1.165) is 11.1 Å². The number of nitrogens with zero attached hydrogens (tertiary/aromatic N) is 2. The molecule has 104 valence electrons. The van der Waals surface area contributed by atoms with E-state index >= 15 is 0 Å². The first-order valence-electron chi connectivity index (χ1n) is 6.29. The molecule has 3 N–H and O–H groups in total. The van der Waals surface area contributed by atoms with E-state index in [1.807, 2.05) is 54.6 Å². The third kappa shape index (κ3) is 2.59. The van der Waals surface area contributed by atoms with Crippen molar-refractivity contribution >= 4 is 17.4 Å². The molecule has 0 bridgehead atoms. The number of benzene rings is 2. The van der Waals surface area contributed by atoms with Gasteiger partial charge < -0.3 is 11.1 Å². The van der Waals surface area contributed by atoms with Crippen LogP contribution in [0.1, 0.15) is 10.5 Å². The zero-order valence-electron chi connectivity index (χ0n) is 11.0.